The Morgan fingerprint density at radius 3 is 2.64 bits per heavy atom. The van der Waals surface area contributed by atoms with E-state index in [-0.39, 0.29) is 11.7 Å². The largest absolute Gasteiger partial charge is 0.490 e. The first-order chi connectivity index (χ1) is 13.5. The Bertz CT molecular complexity index is 627. The van der Waals surface area contributed by atoms with Crippen LogP contribution >= 0.6 is 0 Å². The van der Waals surface area contributed by atoms with Gasteiger partial charge >= 0.3 is 0 Å². The van der Waals surface area contributed by atoms with Crippen LogP contribution in [0.25, 0.3) is 0 Å². The Morgan fingerprint density at radius 1 is 1.25 bits per heavy atom. The molecule has 1 saturated heterocycles. The number of nitrogens with zero attached hydrogens (tertiary/aromatic N) is 1. The summed E-state index contributed by atoms with van der Waals surface area (Å²) >= 11 is 0. The van der Waals surface area contributed by atoms with Crippen LogP contribution in [0.1, 0.15) is 51.2 Å². The Labute approximate surface area is 170 Å². The molecule has 2 rings (SSSR count). The summed E-state index contributed by atoms with van der Waals surface area (Å²) in [4.78, 5) is 4.78. The molecular formula is C22H37N3O3. The molecule has 0 bridgehead atoms. The van der Waals surface area contributed by atoms with Gasteiger partial charge in [0.25, 0.3) is 0 Å². The third kappa shape index (κ3) is 6.67. The fraction of sp³-hybridized carbons (Fsp3) is 0.682. The van der Waals surface area contributed by atoms with Crippen molar-refractivity contribution in [3.63, 3.8) is 0 Å². The topological polar surface area (TPSA) is 64.1 Å². The number of aryl methyl sites for hydroxylation is 1. The van der Waals surface area contributed by atoms with Crippen molar-refractivity contribution < 1.29 is 14.2 Å². The van der Waals surface area contributed by atoms with Crippen molar-refractivity contribution in [1.82, 2.24) is 10.6 Å². The number of guanidine groups is 1. The van der Waals surface area contributed by atoms with Crippen LogP contribution in [0.4, 0.5) is 0 Å². The summed E-state index contributed by atoms with van der Waals surface area (Å²) in [6.07, 6.45) is 2.94. The minimum absolute atomic E-state index is 0.186. The number of ether oxygens (including phenoxy) is 3. The van der Waals surface area contributed by atoms with E-state index < -0.39 is 0 Å². The minimum atomic E-state index is -0.191. The lowest BCUT2D eigenvalue weighted by molar-refractivity contribution is -0.0855. The van der Waals surface area contributed by atoms with Gasteiger partial charge in [0.15, 0.2) is 5.96 Å². The molecule has 1 aliphatic heterocycles. The predicted octanol–water partition coefficient (Wildman–Crippen LogP) is 3.42. The van der Waals surface area contributed by atoms with Gasteiger partial charge in [-0.25, -0.2) is 4.99 Å². The lowest BCUT2D eigenvalue weighted by atomic mass is 9.94. The molecule has 0 radical (unpaired) electrons. The van der Waals surface area contributed by atoms with E-state index in [4.69, 9.17) is 19.2 Å². The SMILES string of the molecule is CCNC(=NCc1ccc(C)cc1OC(C)CC)NCC1(OC)CCOCC1. The molecule has 158 valence electrons. The van der Waals surface area contributed by atoms with Crippen molar-refractivity contribution in [3.8, 4) is 5.75 Å². The summed E-state index contributed by atoms with van der Waals surface area (Å²) in [7, 11) is 1.78. The van der Waals surface area contributed by atoms with Gasteiger partial charge in [0.1, 0.15) is 5.75 Å². The molecule has 2 N–H and O–H groups in total. The normalized spacial score (nSPS) is 17.8. The van der Waals surface area contributed by atoms with Crippen molar-refractivity contribution in [2.45, 2.75) is 65.2 Å². The van der Waals surface area contributed by atoms with Crippen LogP contribution in [0.3, 0.4) is 0 Å². The summed E-state index contributed by atoms with van der Waals surface area (Å²) in [6, 6.07) is 6.31. The van der Waals surface area contributed by atoms with E-state index in [2.05, 4.69) is 56.5 Å². The van der Waals surface area contributed by atoms with Gasteiger partial charge in [-0.2, -0.15) is 0 Å². The molecule has 1 atom stereocenters. The van der Waals surface area contributed by atoms with Gasteiger partial charge in [-0.3, -0.25) is 0 Å². The standard InChI is InChI=1S/C22H37N3O3/c1-6-18(4)28-20-14-17(3)8-9-19(20)15-24-21(23-7-2)25-16-22(26-5)10-12-27-13-11-22/h8-9,14,18H,6-7,10-13,15-16H2,1-5H3,(H2,23,24,25). The lowest BCUT2D eigenvalue weighted by Crippen LogP contribution is -2.50. The maximum absolute atomic E-state index is 6.11. The Kier molecular flexibility index (Phi) is 9.06. The Balaban J connectivity index is 2.07. The lowest BCUT2D eigenvalue weighted by Gasteiger charge is -2.36. The highest BCUT2D eigenvalue weighted by molar-refractivity contribution is 5.79. The van der Waals surface area contributed by atoms with Crippen LogP contribution < -0.4 is 15.4 Å². The van der Waals surface area contributed by atoms with E-state index in [1.54, 1.807) is 7.11 Å². The maximum Gasteiger partial charge on any atom is 0.191 e. The molecule has 0 aliphatic carbocycles. The van der Waals surface area contributed by atoms with Crippen LogP contribution in [-0.4, -0.2) is 51.1 Å². The molecule has 1 unspecified atom stereocenters. The van der Waals surface area contributed by atoms with E-state index in [9.17, 15) is 0 Å². The predicted molar refractivity (Wildman–Crippen MR) is 114 cm³/mol. The second-order valence-electron chi connectivity index (χ2n) is 7.50. The average Bonchev–Trinajstić information content (AvgIpc) is 2.71. The number of aliphatic imine (C=N–C) groups is 1. The molecule has 1 aliphatic rings. The zero-order valence-electron chi connectivity index (χ0n) is 18.1. The highest BCUT2D eigenvalue weighted by Gasteiger charge is 2.32. The maximum atomic E-state index is 6.11. The second-order valence-corrected chi connectivity index (χ2v) is 7.50. The molecule has 1 aromatic rings. The molecule has 0 spiro atoms. The van der Waals surface area contributed by atoms with Crippen LogP contribution in [0.2, 0.25) is 0 Å². The van der Waals surface area contributed by atoms with Gasteiger partial charge in [0, 0.05) is 51.8 Å². The number of hydrogen-bond acceptors (Lipinski definition) is 4. The molecule has 6 nitrogen and oxygen atoms in total. The monoisotopic (exact) mass is 391 g/mol. The minimum Gasteiger partial charge on any atom is -0.490 e. The Morgan fingerprint density at radius 2 is 2.00 bits per heavy atom. The third-order valence-corrected chi connectivity index (χ3v) is 5.29. The molecule has 0 amide bonds. The third-order valence-electron chi connectivity index (χ3n) is 5.29. The highest BCUT2D eigenvalue weighted by Crippen LogP contribution is 2.24. The van der Waals surface area contributed by atoms with Gasteiger partial charge in [-0.15, -0.1) is 0 Å². The molecule has 6 heteroatoms. The highest BCUT2D eigenvalue weighted by atomic mass is 16.5. The molecular weight excluding hydrogens is 354 g/mol. The fourth-order valence-electron chi connectivity index (χ4n) is 3.15. The number of nitrogens with one attached hydrogen (secondary N) is 2. The molecule has 1 aromatic carbocycles. The van der Waals surface area contributed by atoms with E-state index in [0.29, 0.717) is 13.1 Å². The van der Waals surface area contributed by atoms with E-state index in [1.165, 1.54) is 5.56 Å². The number of hydrogen-bond donors (Lipinski definition) is 2. The van der Waals surface area contributed by atoms with Crippen molar-refractivity contribution in [2.24, 2.45) is 4.99 Å². The fourth-order valence-corrected chi connectivity index (χ4v) is 3.15. The van der Waals surface area contributed by atoms with Crippen molar-refractivity contribution >= 4 is 5.96 Å². The van der Waals surface area contributed by atoms with Gasteiger partial charge in [0.05, 0.1) is 18.2 Å². The zero-order chi connectivity index (χ0) is 20.4. The number of benzene rings is 1. The number of rotatable bonds is 9. The first-order valence-electron chi connectivity index (χ1n) is 10.4. The Hall–Kier alpha value is -1.79. The van der Waals surface area contributed by atoms with E-state index >= 15 is 0 Å². The van der Waals surface area contributed by atoms with Crippen LogP contribution in [0.15, 0.2) is 23.2 Å². The van der Waals surface area contributed by atoms with Crippen LogP contribution in [-0.2, 0) is 16.0 Å². The summed E-state index contributed by atoms with van der Waals surface area (Å²) in [6.45, 7) is 11.9. The van der Waals surface area contributed by atoms with Crippen molar-refractivity contribution in [2.75, 3.05) is 33.4 Å². The smallest absolute Gasteiger partial charge is 0.191 e. The summed E-state index contributed by atoms with van der Waals surface area (Å²) < 4.78 is 17.4. The van der Waals surface area contributed by atoms with Gasteiger partial charge in [-0.05, 0) is 38.8 Å². The van der Waals surface area contributed by atoms with Gasteiger partial charge < -0.3 is 24.8 Å². The molecule has 1 fully saturated rings. The summed E-state index contributed by atoms with van der Waals surface area (Å²) in [5, 5.41) is 6.78. The number of methoxy groups -OCH3 is 1. The van der Waals surface area contributed by atoms with Crippen molar-refractivity contribution in [3.05, 3.63) is 29.3 Å². The van der Waals surface area contributed by atoms with Gasteiger partial charge in [-0.1, -0.05) is 19.1 Å². The van der Waals surface area contributed by atoms with E-state index in [1.807, 2.05) is 0 Å². The second kappa shape index (κ2) is 11.3. The molecule has 0 aromatic heterocycles. The van der Waals surface area contributed by atoms with Gasteiger partial charge in [0.2, 0.25) is 0 Å². The first-order valence-corrected chi connectivity index (χ1v) is 10.4. The van der Waals surface area contributed by atoms with Crippen LogP contribution in [0.5, 0.6) is 5.75 Å². The van der Waals surface area contributed by atoms with E-state index in [0.717, 1.165) is 56.3 Å². The molecule has 0 saturated carbocycles. The summed E-state index contributed by atoms with van der Waals surface area (Å²) in [5.41, 5.74) is 2.09. The first kappa shape index (κ1) is 22.5. The zero-order valence-corrected chi connectivity index (χ0v) is 18.1. The summed E-state index contributed by atoms with van der Waals surface area (Å²) in [5.74, 6) is 1.72. The van der Waals surface area contributed by atoms with Crippen molar-refractivity contribution in [1.29, 1.82) is 0 Å². The molecule has 1 heterocycles. The van der Waals surface area contributed by atoms with Crippen LogP contribution in [0, 0.1) is 6.92 Å². The quantitative estimate of drug-likeness (QED) is 0.499. The molecule has 28 heavy (non-hydrogen) atoms. The average molecular weight is 392 g/mol.